The number of nitriles is 1. The molecule has 0 aliphatic rings. The van der Waals surface area contributed by atoms with Gasteiger partial charge in [-0.05, 0) is 6.42 Å². The molecule has 0 aliphatic carbocycles. The summed E-state index contributed by atoms with van der Waals surface area (Å²) in [7, 11) is 0. The summed E-state index contributed by atoms with van der Waals surface area (Å²) in [4.78, 5) is 22.0. The molecule has 5 nitrogen and oxygen atoms in total. The Morgan fingerprint density at radius 2 is 1.94 bits per heavy atom. The number of esters is 2. The Morgan fingerprint density at radius 1 is 1.24 bits per heavy atom. The van der Waals surface area contributed by atoms with Gasteiger partial charge in [0.1, 0.15) is 11.6 Å². The average Bonchev–Trinajstić information content (AvgIpc) is 2.34. The molecule has 0 heterocycles. The number of hydrogen-bond acceptors (Lipinski definition) is 5. The first-order chi connectivity index (χ1) is 8.11. The maximum atomic E-state index is 11.1. The van der Waals surface area contributed by atoms with Crippen molar-refractivity contribution >= 4 is 11.9 Å². The van der Waals surface area contributed by atoms with Crippen LogP contribution in [-0.4, -0.2) is 25.2 Å². The standard InChI is InChI=1S/C12H17NO4/c1-3-4-5-6-7-16-11(14)9-17-12(15)10(2)8-13/h2-7,9H2,1H3. The minimum atomic E-state index is -0.893. The highest BCUT2D eigenvalue weighted by Crippen LogP contribution is 1.99. The molecule has 0 rings (SSSR count). The van der Waals surface area contributed by atoms with Crippen LogP contribution in [0.5, 0.6) is 0 Å². The van der Waals surface area contributed by atoms with Gasteiger partial charge >= 0.3 is 11.9 Å². The van der Waals surface area contributed by atoms with Gasteiger partial charge in [-0.15, -0.1) is 0 Å². The first-order valence-electron chi connectivity index (χ1n) is 5.53. The highest BCUT2D eigenvalue weighted by Gasteiger charge is 2.11. The number of hydrogen-bond donors (Lipinski definition) is 0. The van der Waals surface area contributed by atoms with Crippen LogP contribution in [0.3, 0.4) is 0 Å². The van der Waals surface area contributed by atoms with Gasteiger partial charge in [-0.1, -0.05) is 32.8 Å². The molecule has 0 N–H and O–H groups in total. The minimum Gasteiger partial charge on any atom is -0.463 e. The molecule has 0 aromatic heterocycles. The zero-order valence-corrected chi connectivity index (χ0v) is 10.0. The van der Waals surface area contributed by atoms with E-state index in [1.807, 2.05) is 0 Å². The Morgan fingerprint density at radius 3 is 2.53 bits per heavy atom. The molecule has 17 heavy (non-hydrogen) atoms. The van der Waals surface area contributed by atoms with Gasteiger partial charge in [0.15, 0.2) is 6.61 Å². The van der Waals surface area contributed by atoms with Crippen LogP contribution in [0, 0.1) is 11.3 Å². The lowest BCUT2D eigenvalue weighted by Gasteiger charge is -2.05. The third-order valence-electron chi connectivity index (χ3n) is 1.96. The van der Waals surface area contributed by atoms with E-state index in [0.717, 1.165) is 25.7 Å². The van der Waals surface area contributed by atoms with Crippen molar-refractivity contribution in [3.05, 3.63) is 12.2 Å². The molecule has 0 unspecified atom stereocenters. The lowest BCUT2D eigenvalue weighted by atomic mass is 10.2. The first kappa shape index (κ1) is 15.2. The molecule has 0 aromatic rings. The van der Waals surface area contributed by atoms with Gasteiger partial charge < -0.3 is 9.47 Å². The summed E-state index contributed by atoms with van der Waals surface area (Å²) in [5, 5.41) is 8.33. The highest BCUT2D eigenvalue weighted by molar-refractivity contribution is 5.93. The van der Waals surface area contributed by atoms with Crippen LogP contribution >= 0.6 is 0 Å². The molecule has 5 heteroatoms. The van der Waals surface area contributed by atoms with E-state index >= 15 is 0 Å². The summed E-state index contributed by atoms with van der Waals surface area (Å²) >= 11 is 0. The Labute approximate surface area is 101 Å². The van der Waals surface area contributed by atoms with Gasteiger partial charge in [-0.3, -0.25) is 0 Å². The quantitative estimate of drug-likeness (QED) is 0.279. The largest absolute Gasteiger partial charge is 0.463 e. The maximum Gasteiger partial charge on any atom is 0.348 e. The van der Waals surface area contributed by atoms with Crippen LogP contribution < -0.4 is 0 Å². The molecule has 0 amide bonds. The predicted molar refractivity (Wildman–Crippen MR) is 60.8 cm³/mol. The van der Waals surface area contributed by atoms with E-state index in [1.54, 1.807) is 0 Å². The summed E-state index contributed by atoms with van der Waals surface area (Å²) in [6, 6.07) is 1.53. The Balaban J connectivity index is 3.57. The fraction of sp³-hybridized carbons (Fsp3) is 0.583. The second-order valence-corrected chi connectivity index (χ2v) is 3.45. The zero-order chi connectivity index (χ0) is 13.1. The molecule has 0 atom stereocenters. The topological polar surface area (TPSA) is 76.4 Å². The fourth-order valence-electron chi connectivity index (χ4n) is 1.01. The fourth-order valence-corrected chi connectivity index (χ4v) is 1.01. The lowest BCUT2D eigenvalue weighted by Crippen LogP contribution is -2.17. The van der Waals surface area contributed by atoms with Crippen molar-refractivity contribution < 1.29 is 19.1 Å². The predicted octanol–water partition coefficient (Wildman–Crippen LogP) is 1.73. The van der Waals surface area contributed by atoms with Crippen molar-refractivity contribution in [2.75, 3.05) is 13.2 Å². The average molecular weight is 239 g/mol. The maximum absolute atomic E-state index is 11.1. The van der Waals surface area contributed by atoms with E-state index in [4.69, 9.17) is 10.00 Å². The van der Waals surface area contributed by atoms with Crippen molar-refractivity contribution in [3.8, 4) is 6.07 Å². The molecule has 0 saturated carbocycles. The Kier molecular flexibility index (Phi) is 8.39. The van der Waals surface area contributed by atoms with Gasteiger partial charge in [-0.2, -0.15) is 5.26 Å². The molecule has 0 fully saturated rings. The third kappa shape index (κ3) is 8.03. The van der Waals surface area contributed by atoms with E-state index in [9.17, 15) is 9.59 Å². The van der Waals surface area contributed by atoms with Crippen LogP contribution in [0.1, 0.15) is 32.6 Å². The van der Waals surface area contributed by atoms with Crippen LogP contribution in [-0.2, 0) is 19.1 Å². The minimum absolute atomic E-state index is 0.329. The van der Waals surface area contributed by atoms with Crippen LogP contribution in [0.15, 0.2) is 12.2 Å². The van der Waals surface area contributed by atoms with E-state index in [0.29, 0.717) is 6.61 Å². The molecule has 0 bridgehead atoms. The highest BCUT2D eigenvalue weighted by atomic mass is 16.6. The van der Waals surface area contributed by atoms with Crippen molar-refractivity contribution in [1.82, 2.24) is 0 Å². The SMILES string of the molecule is C=C(C#N)C(=O)OCC(=O)OCCCCCC. The normalized spacial score (nSPS) is 9.18. The molecule has 0 spiro atoms. The number of carbonyl (C=O) groups is 2. The zero-order valence-electron chi connectivity index (χ0n) is 10.0. The number of ether oxygens (including phenoxy) is 2. The smallest absolute Gasteiger partial charge is 0.348 e. The van der Waals surface area contributed by atoms with Crippen LogP contribution in [0.25, 0.3) is 0 Å². The van der Waals surface area contributed by atoms with E-state index < -0.39 is 18.5 Å². The Hall–Kier alpha value is -1.83. The lowest BCUT2D eigenvalue weighted by molar-refractivity contribution is -0.156. The van der Waals surface area contributed by atoms with Gasteiger partial charge in [0, 0.05) is 0 Å². The molecule has 94 valence electrons. The van der Waals surface area contributed by atoms with Gasteiger partial charge in [-0.25, -0.2) is 9.59 Å². The summed E-state index contributed by atoms with van der Waals surface area (Å²) in [6.07, 6.45) is 4.03. The summed E-state index contributed by atoms with van der Waals surface area (Å²) in [6.45, 7) is 5.10. The number of nitrogens with zero attached hydrogens (tertiary/aromatic N) is 1. The number of carbonyl (C=O) groups excluding carboxylic acids is 2. The Bertz CT molecular complexity index is 317. The number of unbranched alkanes of at least 4 members (excludes halogenated alkanes) is 3. The summed E-state index contributed by atoms with van der Waals surface area (Å²) in [5.41, 5.74) is -0.333. The van der Waals surface area contributed by atoms with Gasteiger partial charge in [0.05, 0.1) is 6.61 Å². The molecule has 0 radical (unpaired) electrons. The first-order valence-corrected chi connectivity index (χ1v) is 5.53. The van der Waals surface area contributed by atoms with Gasteiger partial charge in [0.2, 0.25) is 0 Å². The van der Waals surface area contributed by atoms with E-state index in [2.05, 4.69) is 18.2 Å². The van der Waals surface area contributed by atoms with E-state index in [-0.39, 0.29) is 5.57 Å². The monoisotopic (exact) mass is 239 g/mol. The molecule has 0 saturated heterocycles. The molecule has 0 aromatic carbocycles. The molecule has 0 aliphatic heterocycles. The van der Waals surface area contributed by atoms with Crippen LogP contribution in [0.2, 0.25) is 0 Å². The van der Waals surface area contributed by atoms with Crippen LogP contribution in [0.4, 0.5) is 0 Å². The number of rotatable bonds is 8. The van der Waals surface area contributed by atoms with Crippen molar-refractivity contribution in [1.29, 1.82) is 5.26 Å². The van der Waals surface area contributed by atoms with Crippen molar-refractivity contribution in [2.45, 2.75) is 32.6 Å². The second kappa shape index (κ2) is 9.40. The molecular formula is C12H17NO4. The van der Waals surface area contributed by atoms with Crippen molar-refractivity contribution in [2.24, 2.45) is 0 Å². The second-order valence-electron chi connectivity index (χ2n) is 3.45. The van der Waals surface area contributed by atoms with Gasteiger partial charge in [0.25, 0.3) is 0 Å². The van der Waals surface area contributed by atoms with Crippen molar-refractivity contribution in [3.63, 3.8) is 0 Å². The summed E-state index contributed by atoms with van der Waals surface area (Å²) in [5.74, 6) is -1.50. The van der Waals surface area contributed by atoms with E-state index in [1.165, 1.54) is 6.07 Å². The molecular weight excluding hydrogens is 222 g/mol. The summed E-state index contributed by atoms with van der Waals surface area (Å²) < 4.78 is 9.32. The third-order valence-corrected chi connectivity index (χ3v) is 1.96.